The Morgan fingerprint density at radius 1 is 0.972 bits per heavy atom. The van der Waals surface area contributed by atoms with E-state index in [-0.39, 0.29) is 5.91 Å². The maximum atomic E-state index is 13.6. The van der Waals surface area contributed by atoms with Gasteiger partial charge in [-0.3, -0.25) is 15.0 Å². The smallest absolute Gasteiger partial charge is 0.276 e. The van der Waals surface area contributed by atoms with Gasteiger partial charge in [0.15, 0.2) is 0 Å². The molecule has 1 heterocycles. The second-order valence-electron chi connectivity index (χ2n) is 8.18. The first-order chi connectivity index (χ1) is 17.5. The normalized spacial score (nSPS) is 14.6. The van der Waals surface area contributed by atoms with Crippen molar-refractivity contribution >= 4 is 56.0 Å². The number of carbonyl (C=O) groups is 2. The Labute approximate surface area is 230 Å². The predicted molar refractivity (Wildman–Crippen MR) is 151 cm³/mol. The van der Waals surface area contributed by atoms with Crippen molar-refractivity contribution < 1.29 is 14.3 Å². The van der Waals surface area contributed by atoms with E-state index < -0.39 is 12.1 Å². The van der Waals surface area contributed by atoms with Crippen LogP contribution in [0.5, 0.6) is 5.75 Å². The van der Waals surface area contributed by atoms with E-state index in [0.29, 0.717) is 29.2 Å². The molecular weight excluding hydrogens is 633 g/mol. The van der Waals surface area contributed by atoms with Gasteiger partial charge in [-0.2, -0.15) is 0 Å². The molecule has 2 N–H and O–H groups in total. The molecule has 5 rings (SSSR count). The molecule has 0 unspecified atom stereocenters. The molecule has 0 radical (unpaired) electrons. The zero-order chi connectivity index (χ0) is 25.1. The third-order valence-electron chi connectivity index (χ3n) is 5.74. The minimum atomic E-state index is -0.607. The molecule has 8 heteroatoms. The maximum absolute atomic E-state index is 13.6. The van der Waals surface area contributed by atoms with Gasteiger partial charge in [0.05, 0.1) is 11.1 Å². The molecule has 0 spiro atoms. The van der Waals surface area contributed by atoms with E-state index >= 15 is 0 Å². The molecule has 0 bridgehead atoms. The van der Waals surface area contributed by atoms with Crippen molar-refractivity contribution in [3.8, 4) is 5.75 Å². The van der Waals surface area contributed by atoms with Crippen molar-refractivity contribution in [1.29, 1.82) is 0 Å². The molecular formula is C28H21BrIN3O3. The van der Waals surface area contributed by atoms with Gasteiger partial charge in [0.2, 0.25) is 0 Å². The number of nitrogens with one attached hydrogen (secondary N) is 2. The Morgan fingerprint density at radius 2 is 1.75 bits per heavy atom. The molecule has 36 heavy (non-hydrogen) atoms. The fraction of sp³-hybridized carbons (Fsp3) is 0.0714. The molecule has 180 valence electrons. The molecule has 4 aromatic carbocycles. The molecule has 0 aliphatic carbocycles. The van der Waals surface area contributed by atoms with E-state index in [4.69, 9.17) is 4.74 Å². The van der Waals surface area contributed by atoms with Gasteiger partial charge in [0.25, 0.3) is 11.8 Å². The Morgan fingerprint density at radius 3 is 2.56 bits per heavy atom. The Hall–Kier alpha value is -3.37. The molecule has 4 aromatic rings. The van der Waals surface area contributed by atoms with E-state index in [1.807, 2.05) is 72.8 Å². The van der Waals surface area contributed by atoms with Crippen molar-refractivity contribution in [2.24, 2.45) is 0 Å². The Bertz CT molecular complexity index is 1430. The molecule has 0 saturated carbocycles. The average molecular weight is 654 g/mol. The van der Waals surface area contributed by atoms with Crippen LogP contribution >= 0.6 is 38.5 Å². The van der Waals surface area contributed by atoms with Crippen LogP contribution in [0.1, 0.15) is 38.0 Å². The van der Waals surface area contributed by atoms with E-state index in [1.165, 1.54) is 5.01 Å². The highest BCUT2D eigenvalue weighted by atomic mass is 127. The third-order valence-corrected chi connectivity index (χ3v) is 6.90. The lowest BCUT2D eigenvalue weighted by Crippen LogP contribution is -2.53. The first-order valence-electron chi connectivity index (χ1n) is 11.2. The number of carbonyl (C=O) groups excluding carboxylic acids is 2. The standard InChI is InChI=1S/C28H21BrIN3O3/c29-20-10-6-9-19(15-20)26-31-24-14-13-21(30)16-23(24)28(35)33(26)32-27(34)22-11-4-5-12-25(22)36-17-18-7-2-1-3-8-18/h1-16,26,31H,17H2,(H,32,34)/t26-/m0/s1. The topological polar surface area (TPSA) is 70.7 Å². The van der Waals surface area contributed by atoms with Crippen LogP contribution in [0.3, 0.4) is 0 Å². The van der Waals surface area contributed by atoms with Gasteiger partial charge in [0, 0.05) is 13.7 Å². The molecule has 0 saturated heterocycles. The zero-order valence-corrected chi connectivity index (χ0v) is 22.7. The summed E-state index contributed by atoms with van der Waals surface area (Å²) in [4.78, 5) is 27.1. The van der Waals surface area contributed by atoms with Crippen LogP contribution in [-0.4, -0.2) is 16.8 Å². The molecule has 1 aliphatic rings. The summed E-state index contributed by atoms with van der Waals surface area (Å²) in [5.74, 6) is -0.309. The van der Waals surface area contributed by atoms with Crippen LogP contribution in [0.15, 0.2) is 102 Å². The summed E-state index contributed by atoms with van der Waals surface area (Å²) in [6.07, 6.45) is -0.607. The fourth-order valence-electron chi connectivity index (χ4n) is 3.99. The number of para-hydroxylation sites is 1. The van der Waals surface area contributed by atoms with Crippen LogP contribution in [0.25, 0.3) is 0 Å². The van der Waals surface area contributed by atoms with Gasteiger partial charge in [-0.05, 0) is 76.2 Å². The number of benzene rings is 4. The molecule has 6 nitrogen and oxygen atoms in total. The largest absolute Gasteiger partial charge is 0.488 e. The summed E-state index contributed by atoms with van der Waals surface area (Å²) >= 11 is 5.67. The van der Waals surface area contributed by atoms with E-state index in [2.05, 4.69) is 49.3 Å². The van der Waals surface area contributed by atoms with Crippen LogP contribution in [0.2, 0.25) is 0 Å². The maximum Gasteiger partial charge on any atom is 0.276 e. The summed E-state index contributed by atoms with van der Waals surface area (Å²) in [5, 5.41) is 4.75. The summed E-state index contributed by atoms with van der Waals surface area (Å²) in [6.45, 7) is 0.321. The molecule has 2 amide bonds. The number of nitrogens with zero attached hydrogens (tertiary/aromatic N) is 1. The SMILES string of the molecule is O=C(NN1C(=O)c2cc(I)ccc2N[C@@H]1c1cccc(Br)c1)c1ccccc1OCc1ccccc1. The first-order valence-corrected chi connectivity index (χ1v) is 13.1. The van der Waals surface area contributed by atoms with Gasteiger partial charge >= 0.3 is 0 Å². The summed E-state index contributed by atoms with van der Waals surface area (Å²) in [7, 11) is 0. The van der Waals surface area contributed by atoms with E-state index in [0.717, 1.165) is 19.2 Å². The summed E-state index contributed by atoms with van der Waals surface area (Å²) in [6, 6.07) is 30.0. The van der Waals surface area contributed by atoms with Crippen molar-refractivity contribution in [1.82, 2.24) is 10.4 Å². The lowest BCUT2D eigenvalue weighted by molar-refractivity contribution is 0.0489. The summed E-state index contributed by atoms with van der Waals surface area (Å²) < 4.78 is 7.77. The zero-order valence-electron chi connectivity index (χ0n) is 18.9. The van der Waals surface area contributed by atoms with Crippen LogP contribution < -0.4 is 15.5 Å². The lowest BCUT2D eigenvalue weighted by Gasteiger charge is -2.38. The van der Waals surface area contributed by atoms with Gasteiger partial charge in [0.1, 0.15) is 18.5 Å². The number of hydrogen-bond donors (Lipinski definition) is 2. The number of anilines is 1. The number of hydrogen-bond acceptors (Lipinski definition) is 4. The van der Waals surface area contributed by atoms with Gasteiger partial charge in [-0.25, -0.2) is 5.01 Å². The highest BCUT2D eigenvalue weighted by Crippen LogP contribution is 2.34. The number of amides is 2. The quantitative estimate of drug-likeness (QED) is 0.232. The van der Waals surface area contributed by atoms with Gasteiger partial charge < -0.3 is 10.1 Å². The van der Waals surface area contributed by atoms with Crippen molar-refractivity contribution in [3.05, 3.63) is 127 Å². The van der Waals surface area contributed by atoms with Crippen LogP contribution in [-0.2, 0) is 6.61 Å². The fourth-order valence-corrected chi connectivity index (χ4v) is 4.90. The number of ether oxygens (including phenoxy) is 1. The van der Waals surface area contributed by atoms with Crippen LogP contribution in [0, 0.1) is 3.57 Å². The second kappa shape index (κ2) is 10.7. The molecule has 0 aromatic heterocycles. The van der Waals surface area contributed by atoms with E-state index in [9.17, 15) is 9.59 Å². The predicted octanol–water partition coefficient (Wildman–Crippen LogP) is 6.54. The Balaban J connectivity index is 1.45. The monoisotopic (exact) mass is 653 g/mol. The number of halogens is 2. The van der Waals surface area contributed by atoms with Gasteiger partial charge in [-0.15, -0.1) is 0 Å². The lowest BCUT2D eigenvalue weighted by atomic mass is 10.0. The average Bonchev–Trinajstić information content (AvgIpc) is 2.90. The van der Waals surface area contributed by atoms with Crippen molar-refractivity contribution in [2.45, 2.75) is 12.8 Å². The van der Waals surface area contributed by atoms with E-state index in [1.54, 1.807) is 24.3 Å². The highest BCUT2D eigenvalue weighted by molar-refractivity contribution is 14.1. The number of rotatable bonds is 6. The first kappa shape index (κ1) is 24.3. The highest BCUT2D eigenvalue weighted by Gasteiger charge is 2.35. The van der Waals surface area contributed by atoms with Gasteiger partial charge in [-0.1, -0.05) is 70.5 Å². The minimum Gasteiger partial charge on any atom is -0.488 e. The number of fused-ring (bicyclic) bond motifs is 1. The third kappa shape index (κ3) is 5.24. The number of hydrazine groups is 1. The molecule has 1 atom stereocenters. The van der Waals surface area contributed by atoms with Crippen molar-refractivity contribution in [2.75, 3.05) is 5.32 Å². The second-order valence-corrected chi connectivity index (χ2v) is 10.3. The molecule has 1 aliphatic heterocycles. The van der Waals surface area contributed by atoms with Crippen molar-refractivity contribution in [3.63, 3.8) is 0 Å². The van der Waals surface area contributed by atoms with Crippen LogP contribution in [0.4, 0.5) is 5.69 Å². The summed E-state index contributed by atoms with van der Waals surface area (Å²) in [5.41, 5.74) is 6.18. The molecule has 0 fully saturated rings. The Kier molecular flexibility index (Phi) is 7.24. The minimum absolute atomic E-state index is 0.303.